The normalized spacial score (nSPS) is 11.1. The van der Waals surface area contributed by atoms with Gasteiger partial charge in [0.2, 0.25) is 5.16 Å². The van der Waals surface area contributed by atoms with E-state index in [1.54, 1.807) is 6.07 Å². The number of H-pyrrole nitrogens is 1. The second-order valence-corrected chi connectivity index (χ2v) is 7.48. The van der Waals surface area contributed by atoms with Crippen molar-refractivity contribution in [2.45, 2.75) is 19.0 Å². The van der Waals surface area contributed by atoms with E-state index in [0.29, 0.717) is 16.3 Å². The molecular formula is C20H16FN5O2S. The zero-order chi connectivity index (χ0) is 20.5. The number of rotatable bonds is 5. The molecule has 2 heterocycles. The molecule has 0 aliphatic heterocycles. The number of halogens is 1. The van der Waals surface area contributed by atoms with Crippen LogP contribution >= 0.6 is 11.8 Å². The average Bonchev–Trinajstić information content (AvgIpc) is 3.10. The molecule has 0 spiro atoms. The van der Waals surface area contributed by atoms with Crippen molar-refractivity contribution in [3.8, 4) is 11.3 Å². The van der Waals surface area contributed by atoms with Crippen LogP contribution in [0.25, 0.3) is 17.0 Å². The molecule has 0 fully saturated rings. The molecule has 0 saturated heterocycles. The first-order valence-electron chi connectivity index (χ1n) is 8.77. The van der Waals surface area contributed by atoms with Gasteiger partial charge in [-0.15, -0.1) is 10.2 Å². The predicted molar refractivity (Wildman–Crippen MR) is 108 cm³/mol. The van der Waals surface area contributed by atoms with Crippen LogP contribution in [0.4, 0.5) is 4.39 Å². The zero-order valence-corrected chi connectivity index (χ0v) is 16.5. The van der Waals surface area contributed by atoms with Crippen molar-refractivity contribution < 1.29 is 9.18 Å². The molecule has 0 unspecified atom stereocenters. The summed E-state index contributed by atoms with van der Waals surface area (Å²) in [4.78, 5) is 27.4. The van der Waals surface area contributed by atoms with Gasteiger partial charge in [0.05, 0.1) is 5.75 Å². The van der Waals surface area contributed by atoms with Crippen molar-refractivity contribution in [3.05, 3.63) is 75.3 Å². The van der Waals surface area contributed by atoms with Gasteiger partial charge in [0, 0.05) is 11.1 Å². The van der Waals surface area contributed by atoms with Gasteiger partial charge in [-0.3, -0.25) is 14.6 Å². The monoisotopic (exact) mass is 409 g/mol. The summed E-state index contributed by atoms with van der Waals surface area (Å²) in [7, 11) is 0. The fourth-order valence-corrected chi connectivity index (χ4v) is 3.53. The molecule has 0 aliphatic carbocycles. The number of nitrogens with zero attached hydrogens (tertiary/aromatic N) is 4. The van der Waals surface area contributed by atoms with Gasteiger partial charge in [0.1, 0.15) is 5.82 Å². The van der Waals surface area contributed by atoms with E-state index in [1.807, 2.05) is 26.0 Å². The lowest BCUT2D eigenvalue weighted by atomic mass is 10.0. The van der Waals surface area contributed by atoms with Gasteiger partial charge in [0.15, 0.2) is 11.5 Å². The van der Waals surface area contributed by atoms with Crippen molar-refractivity contribution in [1.82, 2.24) is 24.8 Å². The van der Waals surface area contributed by atoms with Gasteiger partial charge in [-0.25, -0.2) is 4.39 Å². The van der Waals surface area contributed by atoms with Crippen molar-refractivity contribution in [2.24, 2.45) is 0 Å². The highest BCUT2D eigenvalue weighted by Crippen LogP contribution is 2.20. The van der Waals surface area contributed by atoms with Crippen LogP contribution in [0.3, 0.4) is 0 Å². The predicted octanol–water partition coefficient (Wildman–Crippen LogP) is 3.21. The minimum atomic E-state index is -0.459. The summed E-state index contributed by atoms with van der Waals surface area (Å²) in [5.74, 6) is -0.132. The molecule has 0 radical (unpaired) electrons. The van der Waals surface area contributed by atoms with Crippen LogP contribution in [0, 0.1) is 19.7 Å². The molecule has 2 aromatic carbocycles. The molecule has 0 amide bonds. The van der Waals surface area contributed by atoms with Crippen LogP contribution in [-0.4, -0.2) is 36.3 Å². The minimum Gasteiger partial charge on any atom is -0.293 e. The van der Waals surface area contributed by atoms with E-state index in [2.05, 4.69) is 20.3 Å². The maximum absolute atomic E-state index is 13.2. The summed E-state index contributed by atoms with van der Waals surface area (Å²) < 4.78 is 14.5. The largest absolute Gasteiger partial charge is 0.293 e. The van der Waals surface area contributed by atoms with Crippen LogP contribution in [0.15, 0.2) is 52.4 Å². The van der Waals surface area contributed by atoms with E-state index in [1.165, 1.54) is 40.5 Å². The first kappa shape index (κ1) is 19.0. The molecular weight excluding hydrogens is 393 g/mol. The summed E-state index contributed by atoms with van der Waals surface area (Å²) >= 11 is 1.18. The van der Waals surface area contributed by atoms with E-state index in [-0.39, 0.29) is 23.0 Å². The standard InChI is InChI=1S/C20H16FN5O2S/c1-11-3-4-14(9-12(11)2)16(27)10-29-20-24-23-19-22-18(28)17(25-26(19)20)13-5-7-15(21)8-6-13/h3-9H,10H2,1-2H3,(H,22,23,28). The fourth-order valence-electron chi connectivity index (χ4n) is 2.75. The molecule has 0 aliphatic rings. The molecule has 4 rings (SSSR count). The number of aromatic amines is 1. The smallest absolute Gasteiger partial charge is 0.279 e. The maximum Gasteiger partial charge on any atom is 0.279 e. The Bertz CT molecular complexity index is 1280. The van der Waals surface area contributed by atoms with Crippen LogP contribution in [0.1, 0.15) is 21.5 Å². The first-order valence-corrected chi connectivity index (χ1v) is 9.76. The zero-order valence-electron chi connectivity index (χ0n) is 15.6. The summed E-state index contributed by atoms with van der Waals surface area (Å²) in [6.07, 6.45) is 0. The second kappa shape index (κ2) is 7.59. The van der Waals surface area contributed by atoms with Gasteiger partial charge in [-0.1, -0.05) is 23.9 Å². The molecule has 4 aromatic rings. The van der Waals surface area contributed by atoms with Gasteiger partial charge < -0.3 is 0 Å². The summed E-state index contributed by atoms with van der Waals surface area (Å²) in [6, 6.07) is 11.0. The summed E-state index contributed by atoms with van der Waals surface area (Å²) in [5.41, 5.74) is 2.92. The molecule has 0 atom stereocenters. The third kappa shape index (κ3) is 3.81. The van der Waals surface area contributed by atoms with Gasteiger partial charge in [-0.2, -0.15) is 9.61 Å². The Morgan fingerprint density at radius 1 is 1.10 bits per heavy atom. The summed E-state index contributed by atoms with van der Waals surface area (Å²) in [6.45, 7) is 3.95. The highest BCUT2D eigenvalue weighted by atomic mass is 32.2. The third-order valence-corrected chi connectivity index (χ3v) is 5.45. The summed E-state index contributed by atoms with van der Waals surface area (Å²) in [5, 5.41) is 12.6. The highest BCUT2D eigenvalue weighted by molar-refractivity contribution is 7.99. The van der Waals surface area contributed by atoms with Gasteiger partial charge >= 0.3 is 0 Å². The quantitative estimate of drug-likeness (QED) is 0.402. The molecule has 9 heteroatoms. The number of hydrogen-bond donors (Lipinski definition) is 1. The van der Waals surface area contributed by atoms with Crippen molar-refractivity contribution in [3.63, 3.8) is 0 Å². The minimum absolute atomic E-state index is 0.0435. The number of benzene rings is 2. The molecule has 1 N–H and O–H groups in total. The lowest BCUT2D eigenvalue weighted by molar-refractivity contribution is 0.102. The molecule has 7 nitrogen and oxygen atoms in total. The number of aryl methyl sites for hydroxylation is 2. The number of nitrogens with one attached hydrogen (secondary N) is 1. The number of hydrogen-bond acceptors (Lipinski definition) is 6. The first-order chi connectivity index (χ1) is 13.9. The topological polar surface area (TPSA) is 93.0 Å². The maximum atomic E-state index is 13.2. The highest BCUT2D eigenvalue weighted by Gasteiger charge is 2.15. The molecule has 29 heavy (non-hydrogen) atoms. The van der Waals surface area contributed by atoms with Crippen LogP contribution in [0.2, 0.25) is 0 Å². The number of carbonyl (C=O) groups excluding carboxylic acids is 1. The Morgan fingerprint density at radius 2 is 1.86 bits per heavy atom. The van der Waals surface area contributed by atoms with Crippen molar-refractivity contribution in [2.75, 3.05) is 5.75 Å². The van der Waals surface area contributed by atoms with Crippen LogP contribution in [0.5, 0.6) is 0 Å². The molecule has 146 valence electrons. The third-order valence-electron chi connectivity index (χ3n) is 4.53. The Labute approximate surface area is 169 Å². The Kier molecular flexibility index (Phi) is 4.98. The SMILES string of the molecule is Cc1ccc(C(=O)CSc2nnc3[nH]c(=O)c(-c4ccc(F)cc4)nn23)cc1C. The lowest BCUT2D eigenvalue weighted by Crippen LogP contribution is -2.15. The number of Topliss-reactive ketones (excluding diaryl/α,β-unsaturated/α-hetero) is 1. The van der Waals surface area contributed by atoms with Crippen molar-refractivity contribution in [1.29, 1.82) is 0 Å². The van der Waals surface area contributed by atoms with Gasteiger partial charge in [-0.05, 0) is 55.3 Å². The van der Waals surface area contributed by atoms with E-state index in [4.69, 9.17) is 0 Å². The van der Waals surface area contributed by atoms with Crippen LogP contribution < -0.4 is 5.56 Å². The number of carbonyl (C=O) groups is 1. The molecule has 0 bridgehead atoms. The average molecular weight is 409 g/mol. The molecule has 2 aromatic heterocycles. The number of aromatic nitrogens is 5. The van der Waals surface area contributed by atoms with E-state index >= 15 is 0 Å². The second-order valence-electron chi connectivity index (χ2n) is 6.54. The number of fused-ring (bicyclic) bond motifs is 1. The van der Waals surface area contributed by atoms with E-state index in [9.17, 15) is 14.0 Å². The molecule has 0 saturated carbocycles. The Balaban J connectivity index is 1.61. The van der Waals surface area contributed by atoms with Crippen LogP contribution in [-0.2, 0) is 0 Å². The van der Waals surface area contributed by atoms with E-state index in [0.717, 1.165) is 11.1 Å². The van der Waals surface area contributed by atoms with Gasteiger partial charge in [0.25, 0.3) is 11.3 Å². The lowest BCUT2D eigenvalue weighted by Gasteiger charge is -2.05. The fraction of sp³-hybridized carbons (Fsp3) is 0.150. The Morgan fingerprint density at radius 3 is 2.59 bits per heavy atom. The Hall–Kier alpha value is -3.33. The number of ketones is 1. The number of thioether (sulfide) groups is 1. The van der Waals surface area contributed by atoms with Crippen molar-refractivity contribution >= 4 is 23.3 Å². The van der Waals surface area contributed by atoms with E-state index < -0.39 is 11.4 Å².